The van der Waals surface area contributed by atoms with Gasteiger partial charge in [0.2, 0.25) is 0 Å². The Labute approximate surface area is 130 Å². The van der Waals surface area contributed by atoms with Crippen molar-refractivity contribution >= 4 is 15.6 Å². The lowest BCUT2D eigenvalue weighted by molar-refractivity contribution is 0.272. The first kappa shape index (κ1) is 29.4. The molecule has 0 saturated heterocycles. The molecule has 0 bridgehead atoms. The van der Waals surface area contributed by atoms with E-state index in [1.165, 1.54) is 0 Å². The largest absolute Gasteiger partial charge is 0.466 e. The molecule has 11 heteroatoms. The maximum absolute atomic E-state index is 8.88. The Bertz CT molecular complexity index is 323. The highest BCUT2D eigenvalue weighted by Crippen LogP contribution is 2.26. The van der Waals surface area contributed by atoms with E-state index in [9.17, 15) is 0 Å². The molecule has 9 nitrogen and oxygen atoms in total. The van der Waals surface area contributed by atoms with Gasteiger partial charge in [0.15, 0.2) is 0 Å². The van der Waals surface area contributed by atoms with Gasteiger partial charge in [-0.05, 0) is 6.42 Å². The summed E-state index contributed by atoms with van der Waals surface area (Å²) in [6, 6.07) is 12.0. The third-order valence-corrected chi connectivity index (χ3v) is 1.18. The van der Waals surface area contributed by atoms with Crippen LogP contribution in [0.3, 0.4) is 0 Å². The molecule has 0 aliphatic rings. The van der Waals surface area contributed by atoms with Crippen LogP contribution in [0.1, 0.15) is 27.2 Å². The second kappa shape index (κ2) is 18.4. The number of hydrogen-bond acceptors (Lipinski definition) is 3. The van der Waals surface area contributed by atoms with Gasteiger partial charge in [0, 0.05) is 6.61 Å². The van der Waals surface area contributed by atoms with Gasteiger partial charge in [0.1, 0.15) is 0 Å². The van der Waals surface area contributed by atoms with Crippen LogP contribution >= 0.6 is 15.6 Å². The summed E-state index contributed by atoms with van der Waals surface area (Å²) in [6.07, 6.45) is 2.04. The molecule has 1 rings (SSSR count). The maximum atomic E-state index is 8.88. The molecular weight excluding hydrogens is 338 g/mol. The van der Waals surface area contributed by atoms with Gasteiger partial charge in [0.05, 0.1) is 0 Å². The van der Waals surface area contributed by atoms with Gasteiger partial charge < -0.3 is 34.5 Å². The van der Waals surface area contributed by atoms with E-state index in [0.717, 1.165) is 12.8 Å². The molecule has 0 unspecified atom stereocenters. The highest BCUT2D eigenvalue weighted by molar-refractivity contribution is 7.45. The van der Waals surface area contributed by atoms with Gasteiger partial charge in [-0.25, -0.2) is 9.13 Å². The molecule has 0 aliphatic carbocycles. The van der Waals surface area contributed by atoms with Crippen molar-refractivity contribution in [2.24, 2.45) is 0 Å². The van der Waals surface area contributed by atoms with Crippen LogP contribution in [-0.2, 0) is 9.13 Å². The predicted octanol–water partition coefficient (Wildman–Crippen LogP) is 1.24. The molecule has 0 atom stereocenters. The Hall–Kier alpha value is -0.600. The summed E-state index contributed by atoms with van der Waals surface area (Å²) in [6.45, 7) is 2.40. The van der Waals surface area contributed by atoms with Crippen molar-refractivity contribution in [1.29, 1.82) is 0 Å². The average molecular weight is 364 g/mol. The summed E-state index contributed by atoms with van der Waals surface area (Å²) < 4.78 is 17.8. The molecule has 1 aromatic carbocycles. The third kappa shape index (κ3) is 120. The van der Waals surface area contributed by atoms with Gasteiger partial charge in [0.25, 0.3) is 0 Å². The van der Waals surface area contributed by atoms with Crippen LogP contribution in [0.5, 0.6) is 0 Å². The topological polar surface area (TPSA) is 176 Å². The Morgan fingerprint density at radius 3 is 0.955 bits per heavy atom. The quantitative estimate of drug-likeness (QED) is 0.381. The summed E-state index contributed by atoms with van der Waals surface area (Å²) in [7, 11) is -9.28. The molecule has 0 radical (unpaired) electrons. The molecule has 1 aromatic rings. The van der Waals surface area contributed by atoms with Crippen molar-refractivity contribution < 1.29 is 43.6 Å². The van der Waals surface area contributed by atoms with E-state index < -0.39 is 15.6 Å². The van der Waals surface area contributed by atoms with Crippen LogP contribution in [0.25, 0.3) is 0 Å². The molecule has 22 heavy (non-hydrogen) atoms. The van der Waals surface area contributed by atoms with Crippen LogP contribution in [-0.4, -0.2) is 41.1 Å². The summed E-state index contributed by atoms with van der Waals surface area (Å²) in [5.74, 6) is 0. The van der Waals surface area contributed by atoms with E-state index >= 15 is 0 Å². The fourth-order valence-corrected chi connectivity index (χ4v) is 0.543. The van der Waals surface area contributed by atoms with Crippen LogP contribution < -0.4 is 0 Å². The lowest BCUT2D eigenvalue weighted by atomic mass is 10.4. The lowest BCUT2D eigenvalue weighted by Crippen LogP contribution is -1.75. The number of rotatable bonds is 2. The minimum atomic E-state index is -4.64. The molecule has 0 aromatic heterocycles. The first-order chi connectivity index (χ1) is 9.41. The van der Waals surface area contributed by atoms with E-state index in [0.29, 0.717) is 6.61 Å². The molecule has 7 N–H and O–H groups in total. The molecule has 0 spiro atoms. The maximum Gasteiger partial charge on any atom is 0.466 e. The number of aliphatic hydroxyl groups excluding tert-OH is 1. The second-order valence-electron chi connectivity index (χ2n) is 3.26. The van der Waals surface area contributed by atoms with Crippen molar-refractivity contribution in [1.82, 2.24) is 0 Å². The van der Waals surface area contributed by atoms with Gasteiger partial charge in [-0.3, -0.25) is 0 Å². The second-order valence-corrected chi connectivity index (χ2v) is 5.31. The fraction of sp³-hybridized carbons (Fsp3) is 0.455. The van der Waals surface area contributed by atoms with E-state index in [1.54, 1.807) is 0 Å². The zero-order chi connectivity index (χ0) is 17.4. The van der Waals surface area contributed by atoms with Crippen LogP contribution in [0.4, 0.5) is 0 Å². The minimum Gasteiger partial charge on any atom is -0.396 e. The van der Waals surface area contributed by atoms with Crippen molar-refractivity contribution in [3.63, 3.8) is 0 Å². The van der Waals surface area contributed by atoms with Crippen molar-refractivity contribution in [3.8, 4) is 0 Å². The first-order valence-corrected chi connectivity index (χ1v) is 8.72. The summed E-state index contributed by atoms with van der Waals surface area (Å²) in [4.78, 5) is 43.1. The van der Waals surface area contributed by atoms with Gasteiger partial charge in [-0.1, -0.05) is 57.2 Å². The normalized spacial score (nSPS) is 9.45. The van der Waals surface area contributed by atoms with Crippen LogP contribution in [0.15, 0.2) is 36.4 Å². The molecule has 0 amide bonds. The molecule has 0 aliphatic heterocycles. The van der Waals surface area contributed by atoms with Gasteiger partial charge in [-0.15, -0.1) is 0 Å². The number of hydrogen-bond donors (Lipinski definition) is 7. The lowest BCUT2D eigenvalue weighted by Gasteiger charge is -1.82. The molecule has 0 fully saturated rings. The highest BCUT2D eigenvalue weighted by atomic mass is 31.2. The Morgan fingerprint density at radius 1 is 0.727 bits per heavy atom. The van der Waals surface area contributed by atoms with Crippen LogP contribution in [0.2, 0.25) is 0 Å². The molecule has 0 heterocycles. The van der Waals surface area contributed by atoms with E-state index in [1.807, 2.05) is 36.4 Å². The zero-order valence-corrected chi connectivity index (χ0v) is 13.2. The van der Waals surface area contributed by atoms with Crippen molar-refractivity contribution in [2.75, 3.05) is 6.61 Å². The smallest absolute Gasteiger partial charge is 0.396 e. The first-order valence-electron chi connectivity index (χ1n) is 5.59. The van der Waals surface area contributed by atoms with E-state index in [2.05, 4.69) is 6.92 Å². The predicted molar refractivity (Wildman–Crippen MR) is 83.7 cm³/mol. The third-order valence-electron chi connectivity index (χ3n) is 1.18. The molecule has 0 saturated carbocycles. The number of phosphoric acid groups is 2. The van der Waals surface area contributed by atoms with Crippen molar-refractivity contribution in [2.45, 2.75) is 27.2 Å². The summed E-state index contributed by atoms with van der Waals surface area (Å²) in [5, 5.41) is 8.07. The standard InChI is InChI=1S/C6H6.C4H10O.CH4.2H3O4P/c1-2-4-6-5-3-1;1-2-3-4-5;;2*1-5(2,3)4/h1-6H;5H,2-4H2,1H3;1H4;2*(H3,1,2,3,4). The summed E-state index contributed by atoms with van der Waals surface area (Å²) >= 11 is 0. The van der Waals surface area contributed by atoms with E-state index in [4.69, 9.17) is 43.6 Å². The fourth-order valence-electron chi connectivity index (χ4n) is 0.543. The monoisotopic (exact) mass is 364 g/mol. The zero-order valence-electron chi connectivity index (χ0n) is 11.4. The number of aliphatic hydroxyl groups is 1. The van der Waals surface area contributed by atoms with Gasteiger partial charge in [-0.2, -0.15) is 0 Å². The van der Waals surface area contributed by atoms with Crippen LogP contribution in [0, 0.1) is 0 Å². The SMILES string of the molecule is C.CCCCO.O=P(O)(O)O.O=P(O)(O)O.c1ccccc1. The van der Waals surface area contributed by atoms with Gasteiger partial charge >= 0.3 is 15.6 Å². The Balaban J connectivity index is -0.0000000973. The molecular formula is C11H26O9P2. The summed E-state index contributed by atoms with van der Waals surface area (Å²) in [5.41, 5.74) is 0. The highest BCUT2D eigenvalue weighted by Gasteiger charge is 2.00. The Morgan fingerprint density at radius 2 is 0.909 bits per heavy atom. The molecule has 134 valence electrons. The number of benzene rings is 1. The average Bonchev–Trinajstić information content (AvgIpc) is 2.29. The van der Waals surface area contributed by atoms with Crippen molar-refractivity contribution in [3.05, 3.63) is 36.4 Å². The minimum absolute atomic E-state index is 0. The number of unbranched alkanes of at least 4 members (excludes halogenated alkanes) is 1. The van der Waals surface area contributed by atoms with E-state index in [-0.39, 0.29) is 7.43 Å². The Kier molecular flexibility index (Phi) is 24.7.